The first-order valence-corrected chi connectivity index (χ1v) is 6.21. The lowest BCUT2D eigenvalue weighted by molar-refractivity contribution is -0.137. The van der Waals surface area contributed by atoms with Crippen LogP contribution >= 0.6 is 0 Å². The fourth-order valence-electron chi connectivity index (χ4n) is 1.98. The quantitative estimate of drug-likeness (QED) is 0.698. The van der Waals surface area contributed by atoms with Gasteiger partial charge in [0, 0.05) is 39.3 Å². The van der Waals surface area contributed by atoms with E-state index >= 15 is 0 Å². The number of carbonyl (C=O) groups excluding carboxylic acids is 1. The molecule has 0 aliphatic carbocycles. The topological polar surface area (TPSA) is 32.8 Å². The summed E-state index contributed by atoms with van der Waals surface area (Å²) in [5.74, 6) is 0.830. The van der Waals surface area contributed by atoms with Gasteiger partial charge in [0.2, 0.25) is 5.91 Å². The van der Waals surface area contributed by atoms with Crippen LogP contribution in [-0.4, -0.2) is 61.6 Å². The first-order chi connectivity index (χ1) is 7.63. The third kappa shape index (κ3) is 4.49. The molecule has 0 aromatic heterocycles. The summed E-state index contributed by atoms with van der Waals surface area (Å²) in [7, 11) is 0. The van der Waals surface area contributed by atoms with E-state index in [9.17, 15) is 4.79 Å². The van der Waals surface area contributed by atoms with Crippen molar-refractivity contribution in [3.8, 4) is 0 Å². The van der Waals surface area contributed by atoms with Crippen molar-refractivity contribution < 1.29 is 9.53 Å². The molecule has 0 saturated carbocycles. The molecule has 94 valence electrons. The van der Waals surface area contributed by atoms with Crippen LogP contribution < -0.4 is 0 Å². The Balaban J connectivity index is 2.23. The molecule has 1 aliphatic rings. The van der Waals surface area contributed by atoms with E-state index in [0.29, 0.717) is 12.5 Å². The van der Waals surface area contributed by atoms with Crippen LogP contribution in [0.2, 0.25) is 0 Å². The second-order valence-corrected chi connectivity index (χ2v) is 4.71. The fraction of sp³-hybridized carbons (Fsp3) is 0.917. The van der Waals surface area contributed by atoms with Crippen molar-refractivity contribution in [3.05, 3.63) is 0 Å². The van der Waals surface area contributed by atoms with Crippen molar-refractivity contribution in [1.82, 2.24) is 9.80 Å². The van der Waals surface area contributed by atoms with Crippen LogP contribution in [0.15, 0.2) is 0 Å². The summed E-state index contributed by atoms with van der Waals surface area (Å²) in [4.78, 5) is 16.0. The normalized spacial score (nSPS) is 18.1. The van der Waals surface area contributed by atoms with Crippen molar-refractivity contribution in [2.75, 3.05) is 45.9 Å². The monoisotopic (exact) mass is 228 g/mol. The Kier molecular flexibility index (Phi) is 5.77. The van der Waals surface area contributed by atoms with Crippen LogP contribution in [-0.2, 0) is 9.53 Å². The molecule has 0 bridgehead atoms. The molecule has 0 N–H and O–H groups in total. The van der Waals surface area contributed by atoms with Gasteiger partial charge < -0.3 is 9.64 Å². The average Bonchev–Trinajstić information content (AvgIpc) is 2.26. The minimum atomic E-state index is 0.131. The molecule has 1 rings (SSSR count). The van der Waals surface area contributed by atoms with Gasteiger partial charge in [0.25, 0.3) is 0 Å². The smallest absolute Gasteiger partial charge is 0.248 e. The van der Waals surface area contributed by atoms with Crippen LogP contribution in [0.4, 0.5) is 0 Å². The maximum Gasteiger partial charge on any atom is 0.248 e. The number of hydrogen-bond acceptors (Lipinski definition) is 3. The average molecular weight is 228 g/mol. The zero-order chi connectivity index (χ0) is 12.0. The van der Waals surface area contributed by atoms with Crippen LogP contribution in [0.25, 0.3) is 0 Å². The molecule has 0 radical (unpaired) electrons. The van der Waals surface area contributed by atoms with Gasteiger partial charge in [-0.1, -0.05) is 13.8 Å². The highest BCUT2D eigenvalue weighted by Gasteiger charge is 2.20. The molecule has 0 atom stereocenters. The first kappa shape index (κ1) is 13.5. The van der Waals surface area contributed by atoms with Gasteiger partial charge in [-0.15, -0.1) is 0 Å². The SMILES string of the molecule is CCOCC(=O)N1CCN(CC(C)C)CC1. The van der Waals surface area contributed by atoms with E-state index in [2.05, 4.69) is 18.7 Å². The zero-order valence-corrected chi connectivity index (χ0v) is 10.7. The van der Waals surface area contributed by atoms with Gasteiger partial charge >= 0.3 is 0 Å². The number of carbonyl (C=O) groups is 1. The predicted octanol–water partition coefficient (Wildman–Crippen LogP) is 0.823. The molecule has 0 aromatic rings. The highest BCUT2D eigenvalue weighted by atomic mass is 16.5. The first-order valence-electron chi connectivity index (χ1n) is 6.21. The lowest BCUT2D eigenvalue weighted by Crippen LogP contribution is -2.50. The van der Waals surface area contributed by atoms with E-state index in [4.69, 9.17) is 4.74 Å². The molecule has 4 nitrogen and oxygen atoms in total. The Hall–Kier alpha value is -0.610. The number of amides is 1. The van der Waals surface area contributed by atoms with Crippen LogP contribution in [0.5, 0.6) is 0 Å². The van der Waals surface area contributed by atoms with Crippen LogP contribution in [0.3, 0.4) is 0 Å². The Morgan fingerprint density at radius 2 is 1.88 bits per heavy atom. The Morgan fingerprint density at radius 3 is 2.38 bits per heavy atom. The largest absolute Gasteiger partial charge is 0.372 e. The molecular weight excluding hydrogens is 204 g/mol. The van der Waals surface area contributed by atoms with E-state index in [1.165, 1.54) is 0 Å². The Labute approximate surface area is 98.5 Å². The summed E-state index contributed by atoms with van der Waals surface area (Å²) in [6.45, 7) is 12.0. The van der Waals surface area contributed by atoms with Gasteiger partial charge in [0.1, 0.15) is 6.61 Å². The third-order valence-electron chi connectivity index (χ3n) is 2.78. The molecule has 0 aromatic carbocycles. The molecule has 1 amide bonds. The second-order valence-electron chi connectivity index (χ2n) is 4.71. The molecule has 1 heterocycles. The molecule has 1 saturated heterocycles. The van der Waals surface area contributed by atoms with E-state index in [1.807, 2.05) is 11.8 Å². The summed E-state index contributed by atoms with van der Waals surface area (Å²) in [6, 6.07) is 0. The van der Waals surface area contributed by atoms with Crippen LogP contribution in [0.1, 0.15) is 20.8 Å². The lowest BCUT2D eigenvalue weighted by Gasteiger charge is -2.35. The van der Waals surface area contributed by atoms with Crippen molar-refractivity contribution in [2.24, 2.45) is 5.92 Å². The molecule has 4 heteroatoms. The van der Waals surface area contributed by atoms with Crippen LogP contribution in [0, 0.1) is 5.92 Å². The van der Waals surface area contributed by atoms with Gasteiger partial charge in [0.15, 0.2) is 0 Å². The van der Waals surface area contributed by atoms with Crippen molar-refractivity contribution in [1.29, 1.82) is 0 Å². The van der Waals surface area contributed by atoms with E-state index in [-0.39, 0.29) is 12.5 Å². The number of piperazine rings is 1. The fourth-order valence-corrected chi connectivity index (χ4v) is 1.98. The molecular formula is C12H24N2O2. The molecule has 0 unspecified atom stereocenters. The summed E-state index contributed by atoms with van der Waals surface area (Å²) in [5.41, 5.74) is 0. The number of nitrogens with zero attached hydrogens (tertiary/aromatic N) is 2. The number of rotatable bonds is 5. The standard InChI is InChI=1S/C12H24N2O2/c1-4-16-10-12(15)14-7-5-13(6-8-14)9-11(2)3/h11H,4-10H2,1-3H3. The van der Waals surface area contributed by atoms with Gasteiger partial charge in [-0.3, -0.25) is 9.69 Å². The summed E-state index contributed by atoms with van der Waals surface area (Å²) in [5, 5.41) is 0. The number of ether oxygens (including phenoxy) is 1. The lowest BCUT2D eigenvalue weighted by atomic mass is 10.2. The molecule has 1 fully saturated rings. The summed E-state index contributed by atoms with van der Waals surface area (Å²) < 4.78 is 5.14. The van der Waals surface area contributed by atoms with E-state index in [0.717, 1.165) is 32.7 Å². The van der Waals surface area contributed by atoms with Gasteiger partial charge in [-0.25, -0.2) is 0 Å². The number of hydrogen-bond donors (Lipinski definition) is 0. The third-order valence-corrected chi connectivity index (χ3v) is 2.78. The second kappa shape index (κ2) is 6.86. The van der Waals surface area contributed by atoms with Crippen molar-refractivity contribution >= 4 is 5.91 Å². The van der Waals surface area contributed by atoms with E-state index < -0.39 is 0 Å². The van der Waals surface area contributed by atoms with Crippen molar-refractivity contribution in [3.63, 3.8) is 0 Å². The molecule has 0 spiro atoms. The zero-order valence-electron chi connectivity index (χ0n) is 10.7. The minimum Gasteiger partial charge on any atom is -0.372 e. The highest BCUT2D eigenvalue weighted by Crippen LogP contribution is 2.05. The Bertz CT molecular complexity index is 211. The highest BCUT2D eigenvalue weighted by molar-refractivity contribution is 5.77. The molecule has 16 heavy (non-hydrogen) atoms. The van der Waals surface area contributed by atoms with Gasteiger partial charge in [-0.2, -0.15) is 0 Å². The molecule has 1 aliphatic heterocycles. The van der Waals surface area contributed by atoms with Crippen molar-refractivity contribution in [2.45, 2.75) is 20.8 Å². The predicted molar refractivity (Wildman–Crippen MR) is 64.4 cm³/mol. The van der Waals surface area contributed by atoms with Gasteiger partial charge in [-0.05, 0) is 12.8 Å². The van der Waals surface area contributed by atoms with Gasteiger partial charge in [0.05, 0.1) is 0 Å². The summed E-state index contributed by atoms with van der Waals surface area (Å²) >= 11 is 0. The maximum atomic E-state index is 11.7. The summed E-state index contributed by atoms with van der Waals surface area (Å²) in [6.07, 6.45) is 0. The Morgan fingerprint density at radius 1 is 1.25 bits per heavy atom. The minimum absolute atomic E-state index is 0.131. The van der Waals surface area contributed by atoms with E-state index in [1.54, 1.807) is 0 Å². The maximum absolute atomic E-state index is 11.7.